The van der Waals surface area contributed by atoms with Gasteiger partial charge in [-0.1, -0.05) is 17.7 Å². The van der Waals surface area contributed by atoms with Crippen molar-refractivity contribution in [3.05, 3.63) is 45.7 Å². The topological polar surface area (TPSA) is 54.0 Å². The number of rotatable bonds is 3. The molecule has 0 saturated heterocycles. The van der Waals surface area contributed by atoms with Crippen LogP contribution in [0.3, 0.4) is 0 Å². The maximum absolute atomic E-state index is 11.7. The first-order valence-electron chi connectivity index (χ1n) is 5.39. The van der Waals surface area contributed by atoms with E-state index in [1.54, 1.807) is 18.3 Å². The van der Waals surface area contributed by atoms with Crippen molar-refractivity contribution in [2.24, 2.45) is 0 Å². The second-order valence-electron chi connectivity index (χ2n) is 3.68. The van der Waals surface area contributed by atoms with Crippen molar-refractivity contribution in [3.8, 4) is 0 Å². The Morgan fingerprint density at radius 3 is 2.83 bits per heavy atom. The van der Waals surface area contributed by atoms with E-state index < -0.39 is 0 Å². The molecule has 2 aromatic heterocycles. The lowest BCUT2D eigenvalue weighted by atomic mass is 10.3. The van der Waals surface area contributed by atoms with Crippen LogP contribution in [0.1, 0.15) is 17.8 Å². The van der Waals surface area contributed by atoms with Crippen LogP contribution in [0.4, 0.5) is 10.6 Å². The van der Waals surface area contributed by atoms with E-state index in [9.17, 15) is 4.79 Å². The molecule has 18 heavy (non-hydrogen) atoms. The van der Waals surface area contributed by atoms with Gasteiger partial charge in [0, 0.05) is 11.1 Å². The normalized spacial score (nSPS) is 11.9. The first-order chi connectivity index (χ1) is 8.65. The number of aromatic nitrogens is 1. The molecule has 0 fully saturated rings. The average molecular weight is 282 g/mol. The molecule has 0 bridgehead atoms. The average Bonchev–Trinajstić information content (AvgIpc) is 2.77. The van der Waals surface area contributed by atoms with Crippen molar-refractivity contribution in [2.45, 2.75) is 13.0 Å². The fourth-order valence-corrected chi connectivity index (χ4v) is 2.48. The van der Waals surface area contributed by atoms with Gasteiger partial charge < -0.3 is 5.32 Å². The predicted molar refractivity (Wildman–Crippen MR) is 74.1 cm³/mol. The molecule has 1 atom stereocenters. The van der Waals surface area contributed by atoms with Crippen LogP contribution >= 0.6 is 22.9 Å². The van der Waals surface area contributed by atoms with Gasteiger partial charge in [-0.05, 0) is 31.2 Å². The summed E-state index contributed by atoms with van der Waals surface area (Å²) in [5, 5.41) is 5.48. The van der Waals surface area contributed by atoms with Crippen molar-refractivity contribution >= 4 is 34.8 Å². The van der Waals surface area contributed by atoms with E-state index in [4.69, 9.17) is 11.6 Å². The molecule has 2 aromatic rings. The van der Waals surface area contributed by atoms with Crippen molar-refractivity contribution in [2.75, 3.05) is 5.32 Å². The van der Waals surface area contributed by atoms with Gasteiger partial charge in [0.1, 0.15) is 5.82 Å². The van der Waals surface area contributed by atoms with E-state index >= 15 is 0 Å². The molecule has 0 aliphatic carbocycles. The number of carbonyl (C=O) groups is 1. The maximum Gasteiger partial charge on any atom is 0.320 e. The number of hydrogen-bond donors (Lipinski definition) is 2. The van der Waals surface area contributed by atoms with Gasteiger partial charge in [0.2, 0.25) is 0 Å². The molecule has 2 heterocycles. The molecule has 0 aliphatic heterocycles. The minimum Gasteiger partial charge on any atom is -0.330 e. The number of nitrogens with zero attached hydrogens (tertiary/aromatic N) is 1. The highest BCUT2D eigenvalue weighted by atomic mass is 35.5. The second-order valence-corrected chi connectivity index (χ2v) is 5.42. The van der Waals surface area contributed by atoms with Crippen LogP contribution in [0, 0.1) is 0 Å². The third-order valence-electron chi connectivity index (χ3n) is 2.27. The zero-order chi connectivity index (χ0) is 13.0. The van der Waals surface area contributed by atoms with Crippen LogP contribution in [0.15, 0.2) is 36.5 Å². The van der Waals surface area contributed by atoms with Crippen LogP contribution in [-0.2, 0) is 0 Å². The van der Waals surface area contributed by atoms with E-state index in [0.29, 0.717) is 10.2 Å². The van der Waals surface area contributed by atoms with Crippen molar-refractivity contribution in [1.29, 1.82) is 0 Å². The summed E-state index contributed by atoms with van der Waals surface area (Å²) in [6.45, 7) is 1.90. The minimum atomic E-state index is -0.286. The number of pyridine rings is 1. The van der Waals surface area contributed by atoms with E-state index in [-0.39, 0.29) is 12.1 Å². The summed E-state index contributed by atoms with van der Waals surface area (Å²) in [5.41, 5.74) is 0. The molecule has 0 unspecified atom stereocenters. The van der Waals surface area contributed by atoms with Gasteiger partial charge in [0.05, 0.1) is 10.4 Å². The molecular weight excluding hydrogens is 270 g/mol. The van der Waals surface area contributed by atoms with Crippen LogP contribution < -0.4 is 10.6 Å². The Kier molecular flexibility index (Phi) is 4.17. The summed E-state index contributed by atoms with van der Waals surface area (Å²) in [6.07, 6.45) is 1.62. The van der Waals surface area contributed by atoms with Gasteiger partial charge in [0.15, 0.2) is 0 Å². The van der Waals surface area contributed by atoms with Gasteiger partial charge in [0.25, 0.3) is 0 Å². The number of anilines is 1. The lowest BCUT2D eigenvalue weighted by Gasteiger charge is -2.12. The van der Waals surface area contributed by atoms with Gasteiger partial charge in [-0.3, -0.25) is 5.32 Å². The molecule has 4 nitrogen and oxygen atoms in total. The number of thiophene rings is 1. The number of hydrogen-bond acceptors (Lipinski definition) is 3. The first-order valence-corrected chi connectivity index (χ1v) is 6.58. The van der Waals surface area contributed by atoms with E-state index in [2.05, 4.69) is 15.6 Å². The maximum atomic E-state index is 11.7. The zero-order valence-corrected chi connectivity index (χ0v) is 11.3. The lowest BCUT2D eigenvalue weighted by Crippen LogP contribution is -2.31. The summed E-state index contributed by atoms with van der Waals surface area (Å²) in [7, 11) is 0. The monoisotopic (exact) mass is 281 g/mol. The van der Waals surface area contributed by atoms with Crippen molar-refractivity contribution in [1.82, 2.24) is 10.3 Å². The van der Waals surface area contributed by atoms with Crippen molar-refractivity contribution in [3.63, 3.8) is 0 Å². The predicted octanol–water partition coefficient (Wildman–Crippen LogP) is 3.68. The number of amides is 2. The smallest absolute Gasteiger partial charge is 0.320 e. The standard InChI is InChI=1S/C12H12ClN3OS/c1-8(9-5-6-10(13)18-9)15-12(17)16-11-4-2-3-7-14-11/h2-8H,1H3,(H2,14,15,16,17)/t8-/m0/s1. The highest BCUT2D eigenvalue weighted by Gasteiger charge is 2.11. The third kappa shape index (κ3) is 3.45. The summed E-state index contributed by atoms with van der Waals surface area (Å²) in [4.78, 5) is 16.7. The van der Waals surface area contributed by atoms with E-state index in [1.165, 1.54) is 11.3 Å². The van der Waals surface area contributed by atoms with Gasteiger partial charge in [-0.25, -0.2) is 9.78 Å². The quantitative estimate of drug-likeness (QED) is 0.902. The first kappa shape index (κ1) is 12.9. The van der Waals surface area contributed by atoms with Crippen LogP contribution in [0.25, 0.3) is 0 Å². The number of halogens is 1. The fourth-order valence-electron chi connectivity index (χ4n) is 1.42. The highest BCUT2D eigenvalue weighted by molar-refractivity contribution is 7.16. The largest absolute Gasteiger partial charge is 0.330 e. The minimum absolute atomic E-state index is 0.0915. The molecule has 2 rings (SSSR count). The SMILES string of the molecule is C[C@H](NC(=O)Nc1ccccn1)c1ccc(Cl)s1. The molecule has 2 N–H and O–H groups in total. The molecule has 6 heteroatoms. The molecular formula is C12H12ClN3OS. The molecule has 0 saturated carbocycles. The number of nitrogens with one attached hydrogen (secondary N) is 2. The summed E-state index contributed by atoms with van der Waals surface area (Å²) in [5.74, 6) is 0.520. The van der Waals surface area contributed by atoms with Gasteiger partial charge >= 0.3 is 6.03 Å². The Labute approximate surface area is 114 Å². The zero-order valence-electron chi connectivity index (χ0n) is 9.68. The van der Waals surface area contributed by atoms with Crippen LogP contribution in [0.2, 0.25) is 4.34 Å². The Morgan fingerprint density at radius 2 is 2.22 bits per heavy atom. The second kappa shape index (κ2) is 5.84. The van der Waals surface area contributed by atoms with Gasteiger partial charge in [-0.15, -0.1) is 11.3 Å². The molecule has 0 spiro atoms. The molecule has 94 valence electrons. The van der Waals surface area contributed by atoms with Gasteiger partial charge in [-0.2, -0.15) is 0 Å². The molecule has 0 aromatic carbocycles. The Balaban J connectivity index is 1.92. The van der Waals surface area contributed by atoms with Crippen molar-refractivity contribution < 1.29 is 4.79 Å². The molecule has 0 aliphatic rings. The lowest BCUT2D eigenvalue weighted by molar-refractivity contribution is 0.249. The fraction of sp³-hybridized carbons (Fsp3) is 0.167. The van der Waals surface area contributed by atoms with E-state index in [1.807, 2.05) is 25.1 Å². The third-order valence-corrected chi connectivity index (χ3v) is 3.69. The Bertz CT molecular complexity index is 529. The summed E-state index contributed by atoms with van der Waals surface area (Å²) in [6, 6.07) is 8.67. The highest BCUT2D eigenvalue weighted by Crippen LogP contribution is 2.26. The Hall–Kier alpha value is -1.59. The molecule has 0 radical (unpaired) electrons. The van der Waals surface area contributed by atoms with E-state index in [0.717, 1.165) is 4.88 Å². The summed E-state index contributed by atoms with van der Waals surface area (Å²) < 4.78 is 0.712. The summed E-state index contributed by atoms with van der Waals surface area (Å²) >= 11 is 7.30. The van der Waals surface area contributed by atoms with Crippen LogP contribution in [0.5, 0.6) is 0 Å². The number of carbonyl (C=O) groups excluding carboxylic acids is 1. The number of urea groups is 1. The van der Waals surface area contributed by atoms with Crippen LogP contribution in [-0.4, -0.2) is 11.0 Å². The Morgan fingerprint density at radius 1 is 1.39 bits per heavy atom. The molecule has 2 amide bonds.